The Kier molecular flexibility index (Phi) is 3.88. The molecule has 0 aromatic heterocycles. The molecule has 0 N–H and O–H groups in total. The second-order valence-corrected chi connectivity index (χ2v) is 4.42. The van der Waals surface area contributed by atoms with Gasteiger partial charge in [-0.1, -0.05) is 6.07 Å². The molecule has 0 amide bonds. The zero-order chi connectivity index (χ0) is 14.9. The van der Waals surface area contributed by atoms with Crippen molar-refractivity contribution in [2.24, 2.45) is 0 Å². The Hall–Kier alpha value is -2.17. The van der Waals surface area contributed by atoms with Gasteiger partial charge in [-0.2, -0.15) is 0 Å². The topological polar surface area (TPSA) is 17.1 Å². The van der Waals surface area contributed by atoms with E-state index in [1.165, 1.54) is 18.2 Å². The predicted molar refractivity (Wildman–Crippen MR) is 65.5 cm³/mol. The number of aryl methyl sites for hydroxylation is 1. The Morgan fingerprint density at radius 2 is 1.60 bits per heavy atom. The summed E-state index contributed by atoms with van der Waals surface area (Å²) in [5.74, 6) is -5.44. The Morgan fingerprint density at radius 3 is 2.15 bits per heavy atom. The summed E-state index contributed by atoms with van der Waals surface area (Å²) in [6, 6.07) is 5.19. The summed E-state index contributed by atoms with van der Waals surface area (Å²) in [6.45, 7) is 1.62. The van der Waals surface area contributed by atoms with Gasteiger partial charge in [-0.05, 0) is 42.3 Å². The van der Waals surface area contributed by atoms with Crippen molar-refractivity contribution in [3.8, 4) is 0 Å². The number of hydrogen-bond acceptors (Lipinski definition) is 1. The fourth-order valence-electron chi connectivity index (χ4n) is 1.85. The lowest BCUT2D eigenvalue weighted by molar-refractivity contribution is 0.0991. The van der Waals surface area contributed by atoms with Crippen molar-refractivity contribution in [3.05, 3.63) is 70.3 Å². The molecule has 1 nitrogen and oxygen atoms in total. The number of hydrogen-bond donors (Lipinski definition) is 0. The monoisotopic (exact) mass is 282 g/mol. The van der Waals surface area contributed by atoms with Crippen molar-refractivity contribution < 1.29 is 22.4 Å². The Balaban J connectivity index is 2.28. The van der Waals surface area contributed by atoms with Crippen LogP contribution in [0.1, 0.15) is 21.5 Å². The fraction of sp³-hybridized carbons (Fsp3) is 0.133. The molecule has 0 saturated heterocycles. The van der Waals surface area contributed by atoms with Crippen molar-refractivity contribution in [2.45, 2.75) is 13.3 Å². The minimum Gasteiger partial charge on any atom is -0.294 e. The quantitative estimate of drug-likeness (QED) is 0.473. The number of benzene rings is 2. The van der Waals surface area contributed by atoms with Crippen LogP contribution in [0.3, 0.4) is 0 Å². The molecule has 0 unspecified atom stereocenters. The second kappa shape index (κ2) is 5.45. The number of carbonyl (C=O) groups excluding carboxylic acids is 1. The first-order valence-corrected chi connectivity index (χ1v) is 5.81. The van der Waals surface area contributed by atoms with E-state index in [-0.39, 0.29) is 12.0 Å². The van der Waals surface area contributed by atoms with E-state index in [2.05, 4.69) is 0 Å². The summed E-state index contributed by atoms with van der Waals surface area (Å²) in [7, 11) is 0. The van der Waals surface area contributed by atoms with Crippen molar-refractivity contribution >= 4 is 5.78 Å². The molecule has 0 saturated carbocycles. The van der Waals surface area contributed by atoms with Crippen LogP contribution in [0, 0.1) is 30.2 Å². The molecular formula is C15H10F4O. The van der Waals surface area contributed by atoms with Gasteiger partial charge in [-0.15, -0.1) is 0 Å². The Labute approximate surface area is 112 Å². The van der Waals surface area contributed by atoms with E-state index in [1.54, 1.807) is 6.92 Å². The number of Topliss-reactive ketones (excluding diaryl/α,β-unsaturated/α-hetero) is 1. The van der Waals surface area contributed by atoms with E-state index in [0.29, 0.717) is 23.3 Å². The lowest BCUT2D eigenvalue weighted by Crippen LogP contribution is -2.07. The molecule has 20 heavy (non-hydrogen) atoms. The third-order valence-electron chi connectivity index (χ3n) is 2.96. The van der Waals surface area contributed by atoms with Crippen molar-refractivity contribution in [1.82, 2.24) is 0 Å². The second-order valence-electron chi connectivity index (χ2n) is 4.42. The summed E-state index contributed by atoms with van der Waals surface area (Å²) in [4.78, 5) is 11.9. The van der Waals surface area contributed by atoms with Gasteiger partial charge < -0.3 is 0 Å². The van der Waals surface area contributed by atoms with E-state index >= 15 is 0 Å². The van der Waals surface area contributed by atoms with Gasteiger partial charge in [0.25, 0.3) is 0 Å². The van der Waals surface area contributed by atoms with Crippen LogP contribution in [0.15, 0.2) is 30.3 Å². The zero-order valence-corrected chi connectivity index (χ0v) is 10.5. The number of carbonyl (C=O) groups is 1. The highest BCUT2D eigenvalue weighted by molar-refractivity contribution is 5.97. The molecular weight excluding hydrogens is 272 g/mol. The Morgan fingerprint density at radius 1 is 1.00 bits per heavy atom. The van der Waals surface area contributed by atoms with Gasteiger partial charge in [0.05, 0.1) is 0 Å². The highest BCUT2D eigenvalue weighted by atomic mass is 19.2. The molecule has 0 spiro atoms. The summed E-state index contributed by atoms with van der Waals surface area (Å²) in [5.41, 5.74) is 0.841. The van der Waals surface area contributed by atoms with Crippen LogP contribution in [-0.4, -0.2) is 5.78 Å². The molecule has 5 heteroatoms. The summed E-state index contributed by atoms with van der Waals surface area (Å²) < 4.78 is 51.8. The highest BCUT2D eigenvalue weighted by Gasteiger charge is 2.16. The van der Waals surface area contributed by atoms with Gasteiger partial charge in [0.2, 0.25) is 0 Å². The first-order valence-electron chi connectivity index (χ1n) is 5.81. The van der Waals surface area contributed by atoms with Crippen molar-refractivity contribution in [3.63, 3.8) is 0 Å². The first-order chi connectivity index (χ1) is 9.38. The zero-order valence-electron chi connectivity index (χ0n) is 10.5. The molecule has 0 aliphatic carbocycles. The predicted octanol–water partition coefficient (Wildman–Crippen LogP) is 3.98. The van der Waals surface area contributed by atoms with Gasteiger partial charge in [-0.3, -0.25) is 4.79 Å². The van der Waals surface area contributed by atoms with Crippen molar-refractivity contribution in [2.75, 3.05) is 0 Å². The van der Waals surface area contributed by atoms with Crippen LogP contribution in [-0.2, 0) is 6.42 Å². The van der Waals surface area contributed by atoms with Gasteiger partial charge in [-0.25, -0.2) is 17.6 Å². The summed E-state index contributed by atoms with van der Waals surface area (Å²) in [5, 5.41) is 0. The number of ketones is 1. The maximum atomic E-state index is 13.1. The third kappa shape index (κ3) is 2.87. The van der Waals surface area contributed by atoms with E-state index in [9.17, 15) is 22.4 Å². The smallest absolute Gasteiger partial charge is 0.194 e. The third-order valence-corrected chi connectivity index (χ3v) is 2.96. The lowest BCUT2D eigenvalue weighted by Gasteiger charge is -2.06. The minimum absolute atomic E-state index is 0.142. The fourth-order valence-corrected chi connectivity index (χ4v) is 1.85. The van der Waals surface area contributed by atoms with Crippen LogP contribution >= 0.6 is 0 Å². The Bertz CT molecular complexity index is 657. The standard InChI is InChI=1S/C15H10F4O/c1-8-4-11(16)3-2-9(8)7-14(20)10-5-12(17)15(19)13(18)6-10/h2-6H,7H2,1H3. The molecule has 0 aliphatic heterocycles. The van der Waals surface area contributed by atoms with Crippen LogP contribution in [0.4, 0.5) is 17.6 Å². The molecule has 0 atom stereocenters. The first kappa shape index (κ1) is 14.2. The molecule has 0 aliphatic rings. The van der Waals surface area contributed by atoms with E-state index in [1.807, 2.05) is 0 Å². The lowest BCUT2D eigenvalue weighted by atomic mass is 9.99. The van der Waals surface area contributed by atoms with Crippen molar-refractivity contribution in [1.29, 1.82) is 0 Å². The summed E-state index contributed by atoms with van der Waals surface area (Å²) in [6.07, 6.45) is -0.142. The largest absolute Gasteiger partial charge is 0.294 e. The van der Waals surface area contributed by atoms with Gasteiger partial charge in [0.15, 0.2) is 23.2 Å². The molecule has 0 fully saturated rings. The molecule has 2 aromatic carbocycles. The van der Waals surface area contributed by atoms with Gasteiger partial charge in [0, 0.05) is 12.0 Å². The van der Waals surface area contributed by atoms with E-state index < -0.39 is 29.1 Å². The van der Waals surface area contributed by atoms with Gasteiger partial charge in [0.1, 0.15) is 5.82 Å². The average molecular weight is 282 g/mol. The van der Waals surface area contributed by atoms with Crippen LogP contribution < -0.4 is 0 Å². The minimum atomic E-state index is -1.61. The molecule has 0 radical (unpaired) electrons. The normalized spacial score (nSPS) is 10.7. The molecule has 104 valence electrons. The average Bonchev–Trinajstić information content (AvgIpc) is 2.38. The SMILES string of the molecule is Cc1cc(F)ccc1CC(=O)c1cc(F)c(F)c(F)c1. The van der Waals surface area contributed by atoms with Crippen LogP contribution in [0.25, 0.3) is 0 Å². The van der Waals surface area contributed by atoms with E-state index in [0.717, 1.165) is 0 Å². The summed E-state index contributed by atoms with van der Waals surface area (Å²) >= 11 is 0. The van der Waals surface area contributed by atoms with Crippen LogP contribution in [0.5, 0.6) is 0 Å². The van der Waals surface area contributed by atoms with Crippen LogP contribution in [0.2, 0.25) is 0 Å². The van der Waals surface area contributed by atoms with E-state index in [4.69, 9.17) is 0 Å². The number of halogens is 4. The molecule has 2 aromatic rings. The molecule has 0 bridgehead atoms. The molecule has 0 heterocycles. The highest BCUT2D eigenvalue weighted by Crippen LogP contribution is 2.17. The maximum Gasteiger partial charge on any atom is 0.194 e. The number of rotatable bonds is 3. The van der Waals surface area contributed by atoms with Gasteiger partial charge >= 0.3 is 0 Å². The maximum absolute atomic E-state index is 13.1. The molecule has 2 rings (SSSR count).